The van der Waals surface area contributed by atoms with Crippen LogP contribution in [0.4, 0.5) is 0 Å². The highest BCUT2D eigenvalue weighted by atomic mass is 16.2. The van der Waals surface area contributed by atoms with Crippen molar-refractivity contribution in [3.05, 3.63) is 78.4 Å². The zero-order valence-corrected chi connectivity index (χ0v) is 15.0. The van der Waals surface area contributed by atoms with E-state index in [-0.39, 0.29) is 12.1 Å². The van der Waals surface area contributed by atoms with E-state index < -0.39 is 23.6 Å². The van der Waals surface area contributed by atoms with Gasteiger partial charge in [-0.2, -0.15) is 5.10 Å². The lowest BCUT2D eigenvalue weighted by atomic mass is 10.0. The number of aryl methyl sites for hydroxylation is 1. The molecule has 3 rings (SSSR count). The third-order valence-corrected chi connectivity index (χ3v) is 4.20. The number of carbonyl (C=O) groups excluding carboxylic acids is 3. The molecule has 0 bridgehead atoms. The van der Waals surface area contributed by atoms with Crippen molar-refractivity contribution >= 4 is 17.6 Å². The van der Waals surface area contributed by atoms with Crippen LogP contribution in [-0.2, 0) is 16.0 Å². The molecule has 0 saturated carbocycles. The molecule has 3 aromatic rings. The number of amides is 2. The highest BCUT2D eigenvalue weighted by Crippen LogP contribution is 2.11. The van der Waals surface area contributed by atoms with Gasteiger partial charge in [0, 0.05) is 6.20 Å². The Balaban J connectivity index is 1.77. The molecule has 2 aromatic heterocycles. The Labute approximate surface area is 161 Å². The minimum atomic E-state index is -1.08. The van der Waals surface area contributed by atoms with Gasteiger partial charge in [0.15, 0.2) is 0 Å². The van der Waals surface area contributed by atoms with Gasteiger partial charge in [-0.1, -0.05) is 30.3 Å². The fraction of sp³-hybridized carbons (Fsp3) is 0.150. The number of rotatable bonds is 8. The number of aromatic nitrogens is 3. The van der Waals surface area contributed by atoms with Crippen molar-refractivity contribution in [2.45, 2.75) is 18.9 Å². The molecule has 8 heteroatoms. The number of pyridine rings is 1. The second kappa shape index (κ2) is 8.72. The summed E-state index contributed by atoms with van der Waals surface area (Å²) >= 11 is 0. The van der Waals surface area contributed by atoms with Crippen molar-refractivity contribution < 1.29 is 14.4 Å². The molecule has 0 aliphatic carbocycles. The molecule has 0 aliphatic rings. The van der Waals surface area contributed by atoms with Gasteiger partial charge in [0.1, 0.15) is 5.69 Å². The first-order valence-corrected chi connectivity index (χ1v) is 8.69. The van der Waals surface area contributed by atoms with E-state index in [9.17, 15) is 14.4 Å². The van der Waals surface area contributed by atoms with Crippen LogP contribution >= 0.6 is 0 Å². The number of hydrogen-bond acceptors (Lipinski definition) is 5. The minimum absolute atomic E-state index is 0.218. The number of carbonyl (C=O) groups is 3. The lowest BCUT2D eigenvalue weighted by Gasteiger charge is -2.17. The maximum absolute atomic E-state index is 12.8. The van der Waals surface area contributed by atoms with E-state index in [4.69, 9.17) is 5.73 Å². The summed E-state index contributed by atoms with van der Waals surface area (Å²) < 4.78 is 1.41. The van der Waals surface area contributed by atoms with Gasteiger partial charge in [-0.05, 0) is 36.6 Å². The lowest BCUT2D eigenvalue weighted by Crippen LogP contribution is -2.46. The number of primary amides is 1. The number of nitrogens with one attached hydrogen (secondary N) is 1. The molecule has 0 fully saturated rings. The fourth-order valence-electron chi connectivity index (χ4n) is 2.79. The maximum atomic E-state index is 12.8. The molecule has 2 heterocycles. The van der Waals surface area contributed by atoms with Crippen LogP contribution in [0.1, 0.15) is 22.5 Å². The molecule has 0 radical (unpaired) electrons. The Kier molecular flexibility index (Phi) is 5.91. The molecule has 142 valence electrons. The van der Waals surface area contributed by atoms with Crippen LogP contribution in [0.5, 0.6) is 0 Å². The van der Waals surface area contributed by atoms with Gasteiger partial charge in [0.25, 0.3) is 11.8 Å². The van der Waals surface area contributed by atoms with E-state index in [2.05, 4.69) is 15.4 Å². The van der Waals surface area contributed by atoms with Crippen LogP contribution in [0.3, 0.4) is 0 Å². The summed E-state index contributed by atoms with van der Waals surface area (Å²) in [6.45, 7) is 0. The Morgan fingerprint density at radius 3 is 2.50 bits per heavy atom. The Morgan fingerprint density at radius 1 is 1.04 bits per heavy atom. The Hall–Kier alpha value is -3.81. The molecule has 0 aliphatic heterocycles. The topological polar surface area (TPSA) is 120 Å². The summed E-state index contributed by atoms with van der Waals surface area (Å²) in [5, 5.41) is 6.74. The second-order valence-electron chi connectivity index (χ2n) is 6.12. The van der Waals surface area contributed by atoms with Crippen LogP contribution in [0.15, 0.2) is 67.1 Å². The van der Waals surface area contributed by atoms with Gasteiger partial charge in [0.05, 0.1) is 24.1 Å². The number of nitrogens with zero attached hydrogens (tertiary/aromatic N) is 3. The van der Waals surface area contributed by atoms with Crippen LogP contribution in [0.2, 0.25) is 0 Å². The summed E-state index contributed by atoms with van der Waals surface area (Å²) in [5.74, 6) is -2.45. The van der Waals surface area contributed by atoms with E-state index in [1.807, 2.05) is 30.3 Å². The average Bonchev–Trinajstić information content (AvgIpc) is 3.22. The predicted molar refractivity (Wildman–Crippen MR) is 102 cm³/mol. The largest absolute Gasteiger partial charge is 0.363 e. The van der Waals surface area contributed by atoms with Crippen molar-refractivity contribution in [1.82, 2.24) is 20.1 Å². The highest BCUT2D eigenvalue weighted by molar-refractivity contribution is 6.38. The van der Waals surface area contributed by atoms with Gasteiger partial charge in [0.2, 0.25) is 5.78 Å². The third kappa shape index (κ3) is 4.47. The number of benzene rings is 1. The predicted octanol–water partition coefficient (Wildman–Crippen LogP) is 1.05. The first-order chi connectivity index (χ1) is 13.6. The molecule has 28 heavy (non-hydrogen) atoms. The minimum Gasteiger partial charge on any atom is -0.363 e. The fourth-order valence-corrected chi connectivity index (χ4v) is 2.79. The molecular formula is C20H19N5O3. The zero-order valence-electron chi connectivity index (χ0n) is 15.0. The van der Waals surface area contributed by atoms with Gasteiger partial charge in [-0.3, -0.25) is 19.4 Å². The molecule has 8 nitrogen and oxygen atoms in total. The maximum Gasteiger partial charge on any atom is 0.287 e. The first-order valence-electron chi connectivity index (χ1n) is 8.69. The molecule has 1 unspecified atom stereocenters. The lowest BCUT2D eigenvalue weighted by molar-refractivity contribution is -0.137. The standard InChI is InChI=1S/C20H19N5O3/c21-19(27)18(26)16(9-8-14-5-2-1-3-6-14)24-20(28)17-10-12-23-25(17)15-7-4-11-22-13-15/h1-7,10-13,16H,8-9H2,(H2,21,27)(H,24,28). The number of ketones is 1. The van der Waals surface area contributed by atoms with E-state index >= 15 is 0 Å². The third-order valence-electron chi connectivity index (χ3n) is 4.20. The summed E-state index contributed by atoms with van der Waals surface area (Å²) in [5.41, 5.74) is 6.96. The average molecular weight is 377 g/mol. The monoisotopic (exact) mass is 377 g/mol. The van der Waals surface area contributed by atoms with E-state index in [0.29, 0.717) is 12.1 Å². The number of Topliss-reactive ketones (excluding diaryl/α,β-unsaturated/α-hetero) is 1. The summed E-state index contributed by atoms with van der Waals surface area (Å²) in [6.07, 6.45) is 5.39. The van der Waals surface area contributed by atoms with Crippen LogP contribution in [-0.4, -0.2) is 38.4 Å². The molecular weight excluding hydrogens is 358 g/mol. The summed E-state index contributed by atoms with van der Waals surface area (Å²) in [7, 11) is 0. The smallest absolute Gasteiger partial charge is 0.287 e. The Bertz CT molecular complexity index is 970. The van der Waals surface area contributed by atoms with Crippen LogP contribution < -0.4 is 11.1 Å². The highest BCUT2D eigenvalue weighted by Gasteiger charge is 2.26. The van der Waals surface area contributed by atoms with Crippen molar-refractivity contribution in [1.29, 1.82) is 0 Å². The Morgan fingerprint density at radius 2 is 1.82 bits per heavy atom. The van der Waals surface area contributed by atoms with Crippen molar-refractivity contribution in [2.75, 3.05) is 0 Å². The van der Waals surface area contributed by atoms with Gasteiger partial charge >= 0.3 is 0 Å². The van der Waals surface area contributed by atoms with Gasteiger partial charge < -0.3 is 11.1 Å². The quantitative estimate of drug-likeness (QED) is 0.569. The van der Waals surface area contributed by atoms with Crippen molar-refractivity contribution in [3.63, 3.8) is 0 Å². The van der Waals surface area contributed by atoms with Crippen LogP contribution in [0, 0.1) is 0 Å². The molecule has 1 aromatic carbocycles. The van der Waals surface area contributed by atoms with Gasteiger partial charge in [-0.25, -0.2) is 4.68 Å². The summed E-state index contributed by atoms with van der Waals surface area (Å²) in [6, 6.07) is 13.4. The number of hydrogen-bond donors (Lipinski definition) is 2. The SMILES string of the molecule is NC(=O)C(=O)C(CCc1ccccc1)NC(=O)c1ccnn1-c1cccnc1. The normalized spacial score (nSPS) is 11.6. The van der Waals surface area contributed by atoms with Crippen LogP contribution in [0.25, 0.3) is 5.69 Å². The second-order valence-corrected chi connectivity index (χ2v) is 6.12. The van der Waals surface area contributed by atoms with E-state index in [1.54, 1.807) is 24.5 Å². The molecule has 2 amide bonds. The van der Waals surface area contributed by atoms with E-state index in [1.165, 1.54) is 16.9 Å². The summed E-state index contributed by atoms with van der Waals surface area (Å²) in [4.78, 5) is 40.4. The van der Waals surface area contributed by atoms with E-state index in [0.717, 1.165) is 5.56 Å². The van der Waals surface area contributed by atoms with Gasteiger partial charge in [-0.15, -0.1) is 0 Å². The van der Waals surface area contributed by atoms with Crippen molar-refractivity contribution in [3.8, 4) is 5.69 Å². The molecule has 1 atom stereocenters. The zero-order chi connectivity index (χ0) is 19.9. The molecule has 0 spiro atoms. The molecule has 0 saturated heterocycles. The molecule has 3 N–H and O–H groups in total. The van der Waals surface area contributed by atoms with Crippen molar-refractivity contribution in [2.24, 2.45) is 5.73 Å². The number of nitrogens with two attached hydrogens (primary N) is 1. The first kappa shape index (κ1) is 19.0.